The highest BCUT2D eigenvalue weighted by Crippen LogP contribution is 2.36. The van der Waals surface area contributed by atoms with Crippen molar-refractivity contribution >= 4 is 23.3 Å². The number of methoxy groups -OCH3 is 2. The third kappa shape index (κ3) is 3.13. The molecule has 1 aliphatic rings. The van der Waals surface area contributed by atoms with E-state index in [1.807, 2.05) is 0 Å². The molecule has 0 radical (unpaired) electrons. The summed E-state index contributed by atoms with van der Waals surface area (Å²) < 4.78 is 48.6. The first kappa shape index (κ1) is 16.8. The van der Waals surface area contributed by atoms with Crippen LogP contribution in [0.2, 0.25) is 0 Å². The van der Waals surface area contributed by atoms with E-state index in [0.717, 1.165) is 19.2 Å². The van der Waals surface area contributed by atoms with Gasteiger partial charge in [0, 0.05) is 0 Å². The van der Waals surface area contributed by atoms with Crippen molar-refractivity contribution < 1.29 is 32.2 Å². The number of esters is 2. The molecule has 2 atom stereocenters. The lowest BCUT2D eigenvalue weighted by atomic mass is 9.94. The maximum absolute atomic E-state index is 13.2. The molecule has 23 heavy (non-hydrogen) atoms. The Bertz CT molecular complexity index is 631. The number of rotatable bonds is 3. The normalized spacial score (nSPS) is 20.9. The molecule has 1 aromatic rings. The van der Waals surface area contributed by atoms with Crippen molar-refractivity contribution in [2.24, 2.45) is 11.0 Å². The number of carbonyl (C=O) groups excluding carboxylic acids is 2. The molecule has 9 heteroatoms. The number of para-hydroxylation sites is 1. The minimum atomic E-state index is -4.89. The summed E-state index contributed by atoms with van der Waals surface area (Å²) in [5.74, 6) is -4.16. The Morgan fingerprint density at radius 1 is 1.09 bits per heavy atom. The fraction of sp³-hybridized carbons (Fsp3) is 0.357. The van der Waals surface area contributed by atoms with E-state index in [1.54, 1.807) is 18.2 Å². The van der Waals surface area contributed by atoms with Gasteiger partial charge in [0.2, 0.25) is 0 Å². The molecule has 0 unspecified atom stereocenters. The van der Waals surface area contributed by atoms with E-state index in [4.69, 9.17) is 0 Å². The van der Waals surface area contributed by atoms with Crippen molar-refractivity contribution in [2.75, 3.05) is 19.2 Å². The molecule has 0 bridgehead atoms. The predicted octanol–water partition coefficient (Wildman–Crippen LogP) is 1.76. The fourth-order valence-electron chi connectivity index (χ4n) is 2.29. The van der Waals surface area contributed by atoms with Crippen molar-refractivity contribution in [1.82, 2.24) is 0 Å². The Kier molecular flexibility index (Phi) is 4.57. The summed E-state index contributed by atoms with van der Waals surface area (Å²) in [6.45, 7) is 0. The van der Waals surface area contributed by atoms with Crippen LogP contribution in [0.5, 0.6) is 0 Å². The lowest BCUT2D eigenvalue weighted by Crippen LogP contribution is -2.47. The van der Waals surface area contributed by atoms with Gasteiger partial charge in [-0.05, 0) is 12.1 Å². The largest absolute Gasteiger partial charge is 0.468 e. The van der Waals surface area contributed by atoms with Crippen LogP contribution in [0.25, 0.3) is 0 Å². The summed E-state index contributed by atoms with van der Waals surface area (Å²) in [7, 11) is 1.96. The molecule has 1 aliphatic heterocycles. The van der Waals surface area contributed by atoms with Crippen LogP contribution in [0, 0.1) is 5.92 Å². The average Bonchev–Trinajstić information content (AvgIpc) is 2.95. The molecule has 0 N–H and O–H groups in total. The third-order valence-corrected chi connectivity index (χ3v) is 3.30. The van der Waals surface area contributed by atoms with Crippen molar-refractivity contribution in [3.63, 3.8) is 0 Å². The van der Waals surface area contributed by atoms with Crippen molar-refractivity contribution in [3.05, 3.63) is 30.3 Å². The number of hydrogen-bond donors (Lipinski definition) is 0. The highest BCUT2D eigenvalue weighted by Gasteiger charge is 2.57. The number of carbonyl (C=O) groups is 2. The van der Waals surface area contributed by atoms with Gasteiger partial charge in [-0.1, -0.05) is 18.2 Å². The van der Waals surface area contributed by atoms with Gasteiger partial charge in [-0.3, -0.25) is 4.79 Å². The number of hydrazone groups is 1. The first-order chi connectivity index (χ1) is 10.8. The number of hydrogen-bond acceptors (Lipinski definition) is 6. The maximum Gasteiger partial charge on any atom is 0.432 e. The van der Waals surface area contributed by atoms with Crippen LogP contribution in [-0.2, 0) is 19.1 Å². The van der Waals surface area contributed by atoms with Gasteiger partial charge in [0.05, 0.1) is 19.9 Å². The molecule has 0 fully saturated rings. The molecule has 0 aliphatic carbocycles. The molecule has 0 saturated heterocycles. The third-order valence-electron chi connectivity index (χ3n) is 3.30. The van der Waals surface area contributed by atoms with Gasteiger partial charge in [-0.25, -0.2) is 9.80 Å². The van der Waals surface area contributed by atoms with E-state index >= 15 is 0 Å². The predicted molar refractivity (Wildman–Crippen MR) is 73.7 cm³/mol. The second kappa shape index (κ2) is 6.27. The number of nitrogens with zero attached hydrogens (tertiary/aromatic N) is 2. The van der Waals surface area contributed by atoms with Crippen LogP contribution in [0.15, 0.2) is 35.4 Å². The summed E-state index contributed by atoms with van der Waals surface area (Å²) in [5, 5.41) is 4.28. The first-order valence-corrected chi connectivity index (χ1v) is 6.47. The van der Waals surface area contributed by atoms with Crippen LogP contribution in [-0.4, -0.2) is 44.1 Å². The molecular formula is C14H13F3N2O4. The molecule has 2 rings (SSSR count). The van der Waals surface area contributed by atoms with Gasteiger partial charge in [0.15, 0.2) is 11.8 Å². The van der Waals surface area contributed by atoms with Crippen LogP contribution < -0.4 is 5.01 Å². The number of benzene rings is 1. The topological polar surface area (TPSA) is 68.2 Å². The zero-order valence-corrected chi connectivity index (χ0v) is 12.2. The van der Waals surface area contributed by atoms with Gasteiger partial charge >= 0.3 is 18.1 Å². The van der Waals surface area contributed by atoms with Crippen LogP contribution in [0.4, 0.5) is 18.9 Å². The van der Waals surface area contributed by atoms with Crippen molar-refractivity contribution in [3.8, 4) is 0 Å². The van der Waals surface area contributed by atoms with Gasteiger partial charge in [-0.15, -0.1) is 0 Å². The Morgan fingerprint density at radius 2 is 1.65 bits per heavy atom. The maximum atomic E-state index is 13.2. The van der Waals surface area contributed by atoms with E-state index in [-0.39, 0.29) is 5.69 Å². The smallest absolute Gasteiger partial charge is 0.432 e. The molecule has 124 valence electrons. The van der Waals surface area contributed by atoms with E-state index in [1.165, 1.54) is 12.1 Å². The van der Waals surface area contributed by atoms with Gasteiger partial charge < -0.3 is 9.47 Å². The molecule has 0 spiro atoms. The second-order valence-electron chi connectivity index (χ2n) is 4.63. The molecule has 0 aromatic heterocycles. The van der Waals surface area contributed by atoms with E-state index in [9.17, 15) is 22.8 Å². The Hall–Kier alpha value is -2.58. The second-order valence-corrected chi connectivity index (χ2v) is 4.63. The number of ether oxygens (including phenoxy) is 2. The Balaban J connectivity index is 2.57. The summed E-state index contributed by atoms with van der Waals surface area (Å²) in [6.07, 6.45) is -4.89. The van der Waals surface area contributed by atoms with Gasteiger partial charge in [0.25, 0.3) is 0 Å². The highest BCUT2D eigenvalue weighted by atomic mass is 19.4. The summed E-state index contributed by atoms with van der Waals surface area (Å²) in [5.41, 5.74) is -1.18. The molecule has 0 amide bonds. The van der Waals surface area contributed by atoms with Crippen LogP contribution in [0.3, 0.4) is 0 Å². The van der Waals surface area contributed by atoms with Gasteiger partial charge in [0.1, 0.15) is 5.92 Å². The molecule has 6 nitrogen and oxygen atoms in total. The minimum absolute atomic E-state index is 0.219. The Morgan fingerprint density at radius 3 is 2.13 bits per heavy atom. The zero-order chi connectivity index (χ0) is 17.2. The standard InChI is InChI=1S/C14H13F3N2O4/c1-22-12(20)9-10(13(21)23-2)19(8-6-4-3-5-7-8)18-11(9)14(15,16)17/h3-7,9-10H,1-2H3/t9-,10+/m1/s1. The lowest BCUT2D eigenvalue weighted by molar-refractivity contribution is -0.151. The molecular weight excluding hydrogens is 317 g/mol. The molecule has 1 aromatic carbocycles. The van der Waals surface area contributed by atoms with E-state index in [2.05, 4.69) is 14.6 Å². The number of alkyl halides is 3. The van der Waals surface area contributed by atoms with E-state index in [0.29, 0.717) is 0 Å². The van der Waals surface area contributed by atoms with Crippen LogP contribution >= 0.6 is 0 Å². The molecule has 0 saturated carbocycles. The average molecular weight is 330 g/mol. The summed E-state index contributed by atoms with van der Waals surface area (Å²) in [6, 6.07) is 6.13. The SMILES string of the molecule is COC(=O)[C@H]1C(C(F)(F)F)=NN(c2ccccc2)[C@@H]1C(=O)OC. The highest BCUT2D eigenvalue weighted by molar-refractivity contribution is 6.12. The summed E-state index contributed by atoms with van der Waals surface area (Å²) >= 11 is 0. The van der Waals surface area contributed by atoms with Gasteiger partial charge in [-0.2, -0.15) is 18.3 Å². The van der Waals surface area contributed by atoms with Crippen LogP contribution in [0.1, 0.15) is 0 Å². The monoisotopic (exact) mass is 330 g/mol. The van der Waals surface area contributed by atoms with Crippen molar-refractivity contribution in [1.29, 1.82) is 0 Å². The Labute approximate surface area is 129 Å². The summed E-state index contributed by atoms with van der Waals surface area (Å²) in [4.78, 5) is 23.8. The van der Waals surface area contributed by atoms with Crippen molar-refractivity contribution in [2.45, 2.75) is 12.2 Å². The fourth-order valence-corrected chi connectivity index (χ4v) is 2.29. The first-order valence-electron chi connectivity index (χ1n) is 6.47. The molecule has 1 heterocycles. The zero-order valence-electron chi connectivity index (χ0n) is 12.2. The number of halogens is 3. The number of anilines is 1. The van der Waals surface area contributed by atoms with E-state index < -0.39 is 35.8 Å². The quantitative estimate of drug-likeness (QED) is 0.790. The lowest BCUT2D eigenvalue weighted by Gasteiger charge is -2.24. The minimum Gasteiger partial charge on any atom is -0.468 e.